The van der Waals surface area contributed by atoms with Crippen LogP contribution in [0.4, 0.5) is 10.6 Å². The first kappa shape index (κ1) is 40.7. The monoisotopic (exact) mass is 776 g/mol. The van der Waals surface area contributed by atoms with Crippen molar-refractivity contribution < 1.29 is 56.8 Å². The number of methoxy groups -OCH3 is 1. The molecule has 0 bridgehead atoms. The van der Waals surface area contributed by atoms with Gasteiger partial charge in [0.15, 0.2) is 23.5 Å². The standard InChI is InChI=1S/C32H50ClN6O12P/c1-9-46-52(43,47-10-2)32(18-44-8,15-22(40)37-42)45-17-21-23-24(50-31(6,7)49-23)27(48-21)39-26-20(16-34-39)25(35-28(33)36-26)38(19-13-11-12-14-19)29(41)51-30(3,4)5/h16,19,21,23-24,27,42H,9-15,17-18H2,1-8H3,(H,37,40)/t21-,23-,24-,27-,32?/m1/s1. The van der Waals surface area contributed by atoms with Crippen LogP contribution >= 0.6 is 19.2 Å². The summed E-state index contributed by atoms with van der Waals surface area (Å²) < 4.78 is 63.6. The molecule has 1 saturated carbocycles. The van der Waals surface area contributed by atoms with Crippen LogP contribution in [0.3, 0.4) is 0 Å². The number of nitrogens with one attached hydrogen (secondary N) is 1. The lowest BCUT2D eigenvalue weighted by Gasteiger charge is -2.38. The van der Waals surface area contributed by atoms with Gasteiger partial charge in [0.05, 0.1) is 44.4 Å². The Balaban J connectivity index is 1.52. The van der Waals surface area contributed by atoms with Crippen LogP contribution in [0, 0.1) is 0 Å². The summed E-state index contributed by atoms with van der Waals surface area (Å²) in [6.45, 7) is 11.3. The van der Waals surface area contributed by atoms with Crippen LogP contribution in [0.15, 0.2) is 6.20 Å². The number of ether oxygens (including phenoxy) is 6. The molecule has 2 aromatic heterocycles. The highest BCUT2D eigenvalue weighted by Gasteiger charge is 2.59. The van der Waals surface area contributed by atoms with Crippen LogP contribution in [0.2, 0.25) is 5.28 Å². The first-order chi connectivity index (χ1) is 24.5. The molecule has 4 heterocycles. The summed E-state index contributed by atoms with van der Waals surface area (Å²) in [5, 5.41) is 12.4. The van der Waals surface area contributed by atoms with Crippen molar-refractivity contribution in [1.29, 1.82) is 0 Å². The summed E-state index contributed by atoms with van der Waals surface area (Å²) in [5.41, 5.74) is 1.07. The molecule has 2 N–H and O–H groups in total. The van der Waals surface area contributed by atoms with E-state index in [4.69, 9.17) is 49.1 Å². The van der Waals surface area contributed by atoms with Crippen LogP contribution in [0.5, 0.6) is 0 Å². The fourth-order valence-electron chi connectivity index (χ4n) is 6.89. The number of aromatic nitrogens is 4. The van der Waals surface area contributed by atoms with Gasteiger partial charge in [-0.1, -0.05) is 12.8 Å². The first-order valence-corrected chi connectivity index (χ1v) is 19.3. The van der Waals surface area contributed by atoms with Gasteiger partial charge in [0.25, 0.3) is 0 Å². The van der Waals surface area contributed by atoms with E-state index in [0.717, 1.165) is 25.7 Å². The highest BCUT2D eigenvalue weighted by Crippen LogP contribution is 2.62. The molecule has 1 unspecified atom stereocenters. The number of halogens is 1. The highest BCUT2D eigenvalue weighted by molar-refractivity contribution is 7.55. The third kappa shape index (κ3) is 8.41. The van der Waals surface area contributed by atoms with E-state index in [0.29, 0.717) is 5.39 Å². The Morgan fingerprint density at radius 2 is 1.79 bits per heavy atom. The predicted octanol–water partition coefficient (Wildman–Crippen LogP) is 5.10. The quantitative estimate of drug-likeness (QED) is 0.105. The summed E-state index contributed by atoms with van der Waals surface area (Å²) in [6, 6.07) is -0.169. The maximum atomic E-state index is 14.3. The minimum Gasteiger partial charge on any atom is -0.443 e. The summed E-state index contributed by atoms with van der Waals surface area (Å²) in [4.78, 5) is 36.8. The number of carbonyl (C=O) groups is 2. The molecule has 5 atom stereocenters. The van der Waals surface area contributed by atoms with Gasteiger partial charge in [-0.3, -0.25) is 19.5 Å². The van der Waals surface area contributed by atoms with Crippen LogP contribution in [0.25, 0.3) is 11.0 Å². The average molecular weight is 777 g/mol. The largest absolute Gasteiger partial charge is 0.443 e. The molecule has 5 rings (SSSR count). The zero-order valence-electron chi connectivity index (χ0n) is 30.8. The van der Waals surface area contributed by atoms with E-state index in [2.05, 4.69) is 15.1 Å². The fraction of sp³-hybridized carbons (Fsp3) is 0.781. The van der Waals surface area contributed by atoms with Crippen molar-refractivity contribution >= 4 is 48.0 Å². The Kier molecular flexibility index (Phi) is 12.6. The zero-order valence-corrected chi connectivity index (χ0v) is 32.5. The Morgan fingerprint density at radius 3 is 2.38 bits per heavy atom. The van der Waals surface area contributed by atoms with Crippen LogP contribution in [-0.2, 0) is 46.8 Å². The molecule has 20 heteroatoms. The Labute approximate surface area is 307 Å². The number of hydroxylamine groups is 1. The SMILES string of the molecule is CCOP(=O)(OCC)C(COC)(CC(=O)NO)OC[C@H]1O[C@@H](n2ncc3c(N(C(=O)OC(C)(C)C)C4CCCC4)nc(Cl)nc32)[C@@H]2OC(C)(C)O[C@@H]21. The van der Waals surface area contributed by atoms with Gasteiger partial charge < -0.3 is 37.5 Å². The van der Waals surface area contributed by atoms with Crippen LogP contribution in [-0.4, -0.2) is 112 Å². The molecule has 52 heavy (non-hydrogen) atoms. The van der Waals surface area contributed by atoms with Crippen molar-refractivity contribution in [3.8, 4) is 0 Å². The lowest BCUT2D eigenvalue weighted by Crippen LogP contribution is -2.46. The van der Waals surface area contributed by atoms with Crippen molar-refractivity contribution in [3.05, 3.63) is 11.5 Å². The van der Waals surface area contributed by atoms with Gasteiger partial charge in [0.1, 0.15) is 23.9 Å². The summed E-state index contributed by atoms with van der Waals surface area (Å²) in [7, 11) is -2.90. The van der Waals surface area contributed by atoms with Crippen molar-refractivity contribution in [2.24, 2.45) is 0 Å². The van der Waals surface area contributed by atoms with Gasteiger partial charge in [-0.05, 0) is 72.9 Å². The summed E-state index contributed by atoms with van der Waals surface area (Å²) in [5.74, 6) is -1.71. The molecule has 3 fully saturated rings. The van der Waals surface area contributed by atoms with Crippen molar-refractivity contribution in [2.75, 3.05) is 38.4 Å². The van der Waals surface area contributed by atoms with Gasteiger partial charge in [0, 0.05) is 13.2 Å². The molecular formula is C32H50ClN6O12P. The summed E-state index contributed by atoms with van der Waals surface area (Å²) in [6.07, 6.45) is 0.391. The molecule has 18 nitrogen and oxygen atoms in total. The number of rotatable bonds is 15. The van der Waals surface area contributed by atoms with Gasteiger partial charge >= 0.3 is 13.7 Å². The molecule has 2 aliphatic heterocycles. The number of hydrogen-bond acceptors (Lipinski definition) is 15. The second kappa shape index (κ2) is 16.1. The molecule has 2 saturated heterocycles. The maximum Gasteiger partial charge on any atom is 0.416 e. The molecule has 292 valence electrons. The lowest BCUT2D eigenvalue weighted by molar-refractivity contribution is -0.207. The minimum absolute atomic E-state index is 0.0322. The third-order valence-electron chi connectivity index (χ3n) is 8.83. The third-order valence-corrected chi connectivity index (χ3v) is 11.6. The molecule has 0 spiro atoms. The smallest absolute Gasteiger partial charge is 0.416 e. The van der Waals surface area contributed by atoms with Gasteiger partial charge in [-0.2, -0.15) is 15.1 Å². The maximum absolute atomic E-state index is 14.3. The number of anilines is 1. The van der Waals surface area contributed by atoms with E-state index in [1.165, 1.54) is 18.0 Å². The second-order valence-electron chi connectivity index (χ2n) is 14.3. The van der Waals surface area contributed by atoms with Crippen LogP contribution < -0.4 is 10.4 Å². The van der Waals surface area contributed by atoms with Crippen LogP contribution in [0.1, 0.15) is 86.8 Å². The average Bonchev–Trinajstić information content (AvgIpc) is 3.84. The van der Waals surface area contributed by atoms with Gasteiger partial charge in [0.2, 0.25) is 16.5 Å². The Morgan fingerprint density at radius 1 is 1.13 bits per heavy atom. The van der Waals surface area contributed by atoms with E-state index >= 15 is 0 Å². The van der Waals surface area contributed by atoms with E-state index in [1.54, 1.807) is 58.8 Å². The Bertz CT molecular complexity index is 1620. The minimum atomic E-state index is -4.24. The van der Waals surface area contributed by atoms with Crippen molar-refractivity contribution in [2.45, 2.75) is 128 Å². The number of fused-ring (bicyclic) bond motifs is 2. The second-order valence-corrected chi connectivity index (χ2v) is 17.0. The van der Waals surface area contributed by atoms with E-state index < -0.39 is 73.9 Å². The predicted molar refractivity (Wildman–Crippen MR) is 185 cm³/mol. The molecular weight excluding hydrogens is 727 g/mol. The number of amides is 2. The highest BCUT2D eigenvalue weighted by atomic mass is 35.5. The fourth-order valence-corrected chi connectivity index (χ4v) is 9.13. The number of nitrogens with zero attached hydrogens (tertiary/aromatic N) is 5. The molecule has 2 amide bonds. The topological polar surface area (TPSA) is 204 Å². The summed E-state index contributed by atoms with van der Waals surface area (Å²) >= 11 is 6.54. The molecule has 0 aromatic carbocycles. The molecule has 1 aliphatic carbocycles. The zero-order chi connectivity index (χ0) is 38.1. The molecule has 2 aromatic rings. The van der Waals surface area contributed by atoms with E-state index in [9.17, 15) is 19.4 Å². The van der Waals surface area contributed by atoms with Gasteiger partial charge in [-0.25, -0.2) is 15.0 Å². The number of hydrogen-bond donors (Lipinski definition) is 2. The van der Waals surface area contributed by atoms with E-state index in [1.807, 2.05) is 0 Å². The number of carbonyl (C=O) groups excluding carboxylic acids is 2. The van der Waals surface area contributed by atoms with E-state index in [-0.39, 0.29) is 42.6 Å². The van der Waals surface area contributed by atoms with Gasteiger partial charge in [-0.15, -0.1) is 0 Å². The molecule has 0 radical (unpaired) electrons. The molecule has 3 aliphatic rings. The first-order valence-electron chi connectivity index (χ1n) is 17.4. The normalized spacial score (nSPS) is 24.6. The van der Waals surface area contributed by atoms with Crippen molar-refractivity contribution in [3.63, 3.8) is 0 Å². The lowest BCUT2D eigenvalue weighted by atomic mass is 10.1. The Hall–Kier alpha value is -2.51. The van der Waals surface area contributed by atoms with Crippen molar-refractivity contribution in [1.82, 2.24) is 25.2 Å².